The van der Waals surface area contributed by atoms with Crippen LogP contribution in [-0.2, 0) is 0 Å². The van der Waals surface area contributed by atoms with Crippen LogP contribution in [0.2, 0.25) is 0 Å². The molecule has 0 aliphatic carbocycles. The van der Waals surface area contributed by atoms with Crippen LogP contribution < -0.4 is 10.6 Å². The summed E-state index contributed by atoms with van der Waals surface area (Å²) in [5, 5.41) is 15.7. The van der Waals surface area contributed by atoms with Crippen molar-refractivity contribution in [2.24, 2.45) is 5.92 Å². The lowest BCUT2D eigenvalue weighted by atomic mass is 10.0. The lowest BCUT2D eigenvalue weighted by Gasteiger charge is -2.15. The molecule has 3 N–H and O–H groups in total. The molecule has 1 heterocycles. The van der Waals surface area contributed by atoms with Crippen LogP contribution in [0.1, 0.15) is 42.8 Å². The lowest BCUT2D eigenvalue weighted by molar-refractivity contribution is 0.0946. The fraction of sp³-hybridized carbons (Fsp3) is 0.692. The quantitative estimate of drug-likeness (QED) is 0.649. The van der Waals surface area contributed by atoms with Gasteiger partial charge in [-0.05, 0) is 25.7 Å². The topological polar surface area (TPSA) is 74.2 Å². The maximum Gasteiger partial charge on any atom is 0.263 e. The van der Waals surface area contributed by atoms with E-state index in [0.29, 0.717) is 17.3 Å². The molecule has 0 saturated heterocycles. The van der Waals surface area contributed by atoms with Crippen molar-refractivity contribution in [2.75, 3.05) is 25.0 Å². The maximum absolute atomic E-state index is 11.9. The van der Waals surface area contributed by atoms with E-state index in [1.54, 1.807) is 6.20 Å². The summed E-state index contributed by atoms with van der Waals surface area (Å²) in [4.78, 5) is 16.7. The second kappa shape index (κ2) is 8.87. The number of rotatable bonds is 9. The predicted octanol–water partition coefficient (Wildman–Crippen LogP) is 2.10. The Balaban J connectivity index is 2.44. The van der Waals surface area contributed by atoms with Gasteiger partial charge in [0.05, 0.1) is 6.20 Å². The van der Waals surface area contributed by atoms with Gasteiger partial charge in [0.25, 0.3) is 5.91 Å². The van der Waals surface area contributed by atoms with Crippen molar-refractivity contribution < 1.29 is 9.90 Å². The normalized spacial score (nSPS) is 12.2. The summed E-state index contributed by atoms with van der Waals surface area (Å²) >= 11 is 1.36. The van der Waals surface area contributed by atoms with Crippen molar-refractivity contribution in [1.29, 1.82) is 0 Å². The van der Waals surface area contributed by atoms with E-state index in [9.17, 15) is 4.79 Å². The number of thiazole rings is 1. The van der Waals surface area contributed by atoms with Gasteiger partial charge >= 0.3 is 0 Å². The van der Waals surface area contributed by atoms with Crippen LogP contribution in [-0.4, -0.2) is 35.7 Å². The first-order chi connectivity index (χ1) is 9.21. The zero-order chi connectivity index (χ0) is 14.1. The molecule has 19 heavy (non-hydrogen) atoms. The molecule has 6 heteroatoms. The number of carbonyl (C=O) groups is 1. The average Bonchev–Trinajstić information content (AvgIpc) is 2.85. The van der Waals surface area contributed by atoms with Gasteiger partial charge in [-0.15, -0.1) is 0 Å². The molecular weight excluding hydrogens is 262 g/mol. The molecule has 5 nitrogen and oxygen atoms in total. The zero-order valence-corrected chi connectivity index (χ0v) is 12.4. The molecule has 0 aliphatic rings. The third kappa shape index (κ3) is 5.57. The number of anilines is 1. The minimum absolute atomic E-state index is 0.0827. The Morgan fingerprint density at radius 2 is 2.26 bits per heavy atom. The van der Waals surface area contributed by atoms with E-state index in [1.807, 2.05) is 6.92 Å². The maximum atomic E-state index is 11.9. The van der Waals surface area contributed by atoms with Crippen molar-refractivity contribution in [3.63, 3.8) is 0 Å². The number of hydrogen-bond donors (Lipinski definition) is 3. The minimum atomic E-state index is -0.0827. The van der Waals surface area contributed by atoms with Crippen LogP contribution in [0.4, 0.5) is 5.13 Å². The summed E-state index contributed by atoms with van der Waals surface area (Å²) in [5.74, 6) is 0.265. The molecule has 1 atom stereocenters. The molecule has 1 rings (SSSR count). The molecule has 0 bridgehead atoms. The Kier molecular flexibility index (Phi) is 7.43. The van der Waals surface area contributed by atoms with Crippen LogP contribution in [0.3, 0.4) is 0 Å². The molecule has 0 aliphatic heterocycles. The second-order valence-corrected chi connectivity index (χ2v) is 5.47. The van der Waals surface area contributed by atoms with Crippen LogP contribution >= 0.6 is 11.3 Å². The van der Waals surface area contributed by atoms with Crippen molar-refractivity contribution >= 4 is 22.4 Å². The van der Waals surface area contributed by atoms with Crippen LogP contribution in [0.5, 0.6) is 0 Å². The first kappa shape index (κ1) is 15.9. The number of hydrogen-bond acceptors (Lipinski definition) is 5. The van der Waals surface area contributed by atoms with Crippen molar-refractivity contribution in [3.05, 3.63) is 11.1 Å². The smallest absolute Gasteiger partial charge is 0.263 e. The predicted molar refractivity (Wildman–Crippen MR) is 78.7 cm³/mol. The summed E-state index contributed by atoms with van der Waals surface area (Å²) in [7, 11) is 0. The van der Waals surface area contributed by atoms with Gasteiger partial charge in [-0.2, -0.15) is 0 Å². The van der Waals surface area contributed by atoms with Crippen LogP contribution in [0.15, 0.2) is 6.20 Å². The Hall–Kier alpha value is -1.14. The molecule has 1 unspecified atom stereocenters. The average molecular weight is 285 g/mol. The standard InChI is InChI=1S/C13H23N3O2S/c1-3-5-10(6-7-17)8-15-12(18)11-9-16-13(19-11)14-4-2/h9-10,17H,3-8H2,1-2H3,(H,14,16)(H,15,18). The SMILES string of the molecule is CCCC(CCO)CNC(=O)c1cnc(NCC)s1. The van der Waals surface area contributed by atoms with E-state index < -0.39 is 0 Å². The van der Waals surface area contributed by atoms with E-state index in [-0.39, 0.29) is 12.5 Å². The van der Waals surface area contributed by atoms with E-state index in [4.69, 9.17) is 5.11 Å². The van der Waals surface area contributed by atoms with E-state index in [2.05, 4.69) is 22.5 Å². The van der Waals surface area contributed by atoms with Gasteiger partial charge < -0.3 is 15.7 Å². The zero-order valence-electron chi connectivity index (χ0n) is 11.6. The minimum Gasteiger partial charge on any atom is -0.396 e. The van der Waals surface area contributed by atoms with Gasteiger partial charge in [-0.25, -0.2) is 4.98 Å². The molecule has 1 aromatic heterocycles. The van der Waals surface area contributed by atoms with Crippen LogP contribution in [0.25, 0.3) is 0 Å². The largest absolute Gasteiger partial charge is 0.396 e. The van der Waals surface area contributed by atoms with Gasteiger partial charge in [0.1, 0.15) is 4.88 Å². The van der Waals surface area contributed by atoms with Crippen molar-refractivity contribution in [3.8, 4) is 0 Å². The van der Waals surface area contributed by atoms with Crippen molar-refractivity contribution in [2.45, 2.75) is 33.1 Å². The van der Waals surface area contributed by atoms with Crippen LogP contribution in [0, 0.1) is 5.92 Å². The summed E-state index contributed by atoms with van der Waals surface area (Å²) in [6.45, 7) is 5.68. The summed E-state index contributed by atoms with van der Waals surface area (Å²) in [6.07, 6.45) is 4.41. The van der Waals surface area contributed by atoms with Gasteiger partial charge in [-0.1, -0.05) is 24.7 Å². The third-order valence-corrected chi connectivity index (χ3v) is 3.80. The number of aromatic nitrogens is 1. The Bertz CT molecular complexity index is 376. The molecule has 0 spiro atoms. The summed E-state index contributed by atoms with van der Waals surface area (Å²) in [6, 6.07) is 0. The first-order valence-corrected chi connectivity index (χ1v) is 7.61. The molecular formula is C13H23N3O2S. The Morgan fingerprint density at radius 3 is 2.89 bits per heavy atom. The molecule has 1 amide bonds. The van der Waals surface area contributed by atoms with E-state index >= 15 is 0 Å². The highest BCUT2D eigenvalue weighted by Gasteiger charge is 2.13. The number of aliphatic hydroxyl groups is 1. The Morgan fingerprint density at radius 1 is 1.47 bits per heavy atom. The molecule has 0 aromatic carbocycles. The van der Waals surface area contributed by atoms with Gasteiger partial charge in [-0.3, -0.25) is 4.79 Å². The fourth-order valence-corrected chi connectivity index (χ4v) is 2.68. The van der Waals surface area contributed by atoms with Gasteiger partial charge in [0, 0.05) is 19.7 Å². The fourth-order valence-electron chi connectivity index (χ4n) is 1.88. The number of aliphatic hydroxyl groups excluding tert-OH is 1. The molecule has 1 aromatic rings. The van der Waals surface area contributed by atoms with E-state index in [1.165, 1.54) is 11.3 Å². The van der Waals surface area contributed by atoms with E-state index in [0.717, 1.165) is 30.9 Å². The highest BCUT2D eigenvalue weighted by atomic mass is 32.1. The Labute approximate surface area is 118 Å². The van der Waals surface area contributed by atoms with Crippen molar-refractivity contribution in [1.82, 2.24) is 10.3 Å². The first-order valence-electron chi connectivity index (χ1n) is 6.80. The number of nitrogens with one attached hydrogen (secondary N) is 2. The van der Waals surface area contributed by atoms with Gasteiger partial charge in [0.2, 0.25) is 0 Å². The monoisotopic (exact) mass is 285 g/mol. The number of carbonyl (C=O) groups excluding carboxylic acids is 1. The summed E-state index contributed by atoms with van der Waals surface area (Å²) < 4.78 is 0. The molecule has 108 valence electrons. The summed E-state index contributed by atoms with van der Waals surface area (Å²) in [5.41, 5.74) is 0. The van der Waals surface area contributed by atoms with Gasteiger partial charge in [0.15, 0.2) is 5.13 Å². The number of nitrogens with zero attached hydrogens (tertiary/aromatic N) is 1. The highest BCUT2D eigenvalue weighted by molar-refractivity contribution is 7.17. The molecule has 0 fully saturated rings. The molecule has 0 radical (unpaired) electrons. The molecule has 0 saturated carbocycles. The second-order valence-electron chi connectivity index (χ2n) is 4.44. The highest BCUT2D eigenvalue weighted by Crippen LogP contribution is 2.18. The third-order valence-electron chi connectivity index (χ3n) is 2.84. The number of amides is 1. The lowest BCUT2D eigenvalue weighted by Crippen LogP contribution is -2.29.